The molecule has 0 unspecified atom stereocenters. The largest absolute Gasteiger partial charge is 0.473 e. The van der Waals surface area contributed by atoms with Crippen LogP contribution in [0.15, 0.2) is 24.4 Å². The lowest BCUT2D eigenvalue weighted by Gasteiger charge is -2.04. The molecule has 0 aliphatic rings. The Morgan fingerprint density at radius 1 is 1.27 bits per heavy atom. The second-order valence-electron chi connectivity index (χ2n) is 6.47. The average Bonchev–Trinajstić information content (AvgIpc) is 3.31. The Balaban J connectivity index is 0.000000469. The number of carboxylic acids is 2. The topological polar surface area (TPSA) is 181 Å². The van der Waals surface area contributed by atoms with E-state index in [-0.39, 0.29) is 5.82 Å². The van der Waals surface area contributed by atoms with Crippen molar-refractivity contribution in [3.8, 4) is 6.07 Å². The lowest BCUT2D eigenvalue weighted by atomic mass is 10.1. The SMILES string of the molecule is CCc1cccc2c(CNCCCc3[nH]nc(N)c3C#N)c[nH]c12.O=C(O)C(=O)O. The minimum atomic E-state index is -1.82. The van der Waals surface area contributed by atoms with Gasteiger partial charge < -0.3 is 26.2 Å². The van der Waals surface area contributed by atoms with Crippen molar-refractivity contribution < 1.29 is 19.8 Å². The number of aromatic nitrogens is 3. The number of nitrogens with one attached hydrogen (secondary N) is 3. The van der Waals surface area contributed by atoms with E-state index in [1.165, 1.54) is 22.0 Å². The van der Waals surface area contributed by atoms with E-state index in [0.717, 1.165) is 38.0 Å². The number of carboxylic acid groups (broad SMARTS) is 2. The van der Waals surface area contributed by atoms with Crippen molar-refractivity contribution in [2.45, 2.75) is 32.7 Å². The number of para-hydroxylation sites is 1. The molecule has 158 valence electrons. The number of anilines is 1. The lowest BCUT2D eigenvalue weighted by molar-refractivity contribution is -0.159. The van der Waals surface area contributed by atoms with E-state index in [2.05, 4.69) is 57.9 Å². The van der Waals surface area contributed by atoms with E-state index in [4.69, 9.17) is 30.8 Å². The molecule has 0 saturated carbocycles. The van der Waals surface area contributed by atoms with Crippen molar-refractivity contribution in [1.82, 2.24) is 20.5 Å². The molecule has 10 heteroatoms. The Hall–Kier alpha value is -3.84. The molecule has 30 heavy (non-hydrogen) atoms. The van der Waals surface area contributed by atoms with Crippen LogP contribution >= 0.6 is 0 Å². The van der Waals surface area contributed by atoms with Crippen LogP contribution in [0.25, 0.3) is 10.9 Å². The summed E-state index contributed by atoms with van der Waals surface area (Å²) >= 11 is 0. The van der Waals surface area contributed by atoms with Gasteiger partial charge in [-0.2, -0.15) is 10.4 Å². The van der Waals surface area contributed by atoms with Crippen molar-refractivity contribution in [1.29, 1.82) is 5.26 Å². The minimum Gasteiger partial charge on any atom is -0.473 e. The molecule has 0 amide bonds. The first-order valence-electron chi connectivity index (χ1n) is 9.36. The molecule has 0 fully saturated rings. The van der Waals surface area contributed by atoms with Crippen LogP contribution in [-0.2, 0) is 29.0 Å². The third kappa shape index (κ3) is 5.59. The number of hydrogen-bond donors (Lipinski definition) is 6. The fourth-order valence-electron chi connectivity index (χ4n) is 3.03. The van der Waals surface area contributed by atoms with Crippen LogP contribution in [0.5, 0.6) is 0 Å². The molecule has 2 aromatic heterocycles. The van der Waals surface area contributed by atoms with Gasteiger partial charge in [-0.3, -0.25) is 5.10 Å². The van der Waals surface area contributed by atoms with Crippen molar-refractivity contribution >= 4 is 28.7 Å². The summed E-state index contributed by atoms with van der Waals surface area (Å²) in [5.41, 5.74) is 10.8. The molecule has 3 aromatic rings. The molecule has 0 bridgehead atoms. The zero-order valence-electron chi connectivity index (χ0n) is 16.5. The number of nitrogens with zero attached hydrogens (tertiary/aromatic N) is 2. The zero-order valence-corrected chi connectivity index (χ0v) is 16.5. The summed E-state index contributed by atoms with van der Waals surface area (Å²) in [6.45, 7) is 3.86. The number of aromatic amines is 2. The van der Waals surface area contributed by atoms with Gasteiger partial charge in [0.05, 0.1) is 5.69 Å². The minimum absolute atomic E-state index is 0.283. The van der Waals surface area contributed by atoms with Gasteiger partial charge >= 0.3 is 11.9 Å². The maximum atomic E-state index is 9.10. The Kier molecular flexibility index (Phi) is 7.96. The third-order valence-corrected chi connectivity index (χ3v) is 4.53. The summed E-state index contributed by atoms with van der Waals surface area (Å²) in [7, 11) is 0. The molecule has 7 N–H and O–H groups in total. The van der Waals surface area contributed by atoms with Gasteiger partial charge in [0.15, 0.2) is 5.82 Å². The van der Waals surface area contributed by atoms with Gasteiger partial charge in [-0.25, -0.2) is 9.59 Å². The molecule has 2 heterocycles. The number of aryl methyl sites for hydroxylation is 2. The number of carbonyl (C=O) groups is 2. The molecule has 0 saturated heterocycles. The number of nitrogen functional groups attached to an aromatic ring is 1. The van der Waals surface area contributed by atoms with Crippen molar-refractivity contribution in [2.75, 3.05) is 12.3 Å². The van der Waals surface area contributed by atoms with Gasteiger partial charge in [0.1, 0.15) is 11.6 Å². The van der Waals surface area contributed by atoms with Gasteiger partial charge in [0.2, 0.25) is 0 Å². The summed E-state index contributed by atoms with van der Waals surface area (Å²) in [4.78, 5) is 21.6. The lowest BCUT2D eigenvalue weighted by Crippen LogP contribution is -2.15. The highest BCUT2D eigenvalue weighted by atomic mass is 16.4. The summed E-state index contributed by atoms with van der Waals surface area (Å²) in [5.74, 6) is -3.36. The Morgan fingerprint density at radius 2 is 2.00 bits per heavy atom. The van der Waals surface area contributed by atoms with Crippen LogP contribution in [0.1, 0.15) is 35.7 Å². The first kappa shape index (κ1) is 22.4. The van der Waals surface area contributed by atoms with Gasteiger partial charge in [-0.15, -0.1) is 0 Å². The maximum absolute atomic E-state index is 9.10. The predicted molar refractivity (Wildman–Crippen MR) is 111 cm³/mol. The smallest absolute Gasteiger partial charge is 0.414 e. The quantitative estimate of drug-likeness (QED) is 0.251. The molecular weight excluding hydrogens is 388 g/mol. The maximum Gasteiger partial charge on any atom is 0.414 e. The van der Waals surface area contributed by atoms with E-state index in [9.17, 15) is 0 Å². The van der Waals surface area contributed by atoms with Crippen LogP contribution < -0.4 is 11.1 Å². The summed E-state index contributed by atoms with van der Waals surface area (Å²) < 4.78 is 0. The highest BCUT2D eigenvalue weighted by molar-refractivity contribution is 6.27. The summed E-state index contributed by atoms with van der Waals surface area (Å²) in [6.07, 6.45) is 4.78. The number of nitriles is 1. The molecule has 0 spiro atoms. The first-order valence-corrected chi connectivity index (χ1v) is 9.36. The number of rotatable bonds is 7. The molecule has 0 aliphatic heterocycles. The molecule has 0 aliphatic carbocycles. The van der Waals surface area contributed by atoms with Gasteiger partial charge in [-0.1, -0.05) is 25.1 Å². The van der Waals surface area contributed by atoms with E-state index in [1.807, 2.05) is 0 Å². The van der Waals surface area contributed by atoms with E-state index >= 15 is 0 Å². The Bertz CT molecular complexity index is 1050. The number of nitrogens with two attached hydrogens (primary N) is 1. The Morgan fingerprint density at radius 3 is 2.63 bits per heavy atom. The summed E-state index contributed by atoms with van der Waals surface area (Å²) in [6, 6.07) is 8.54. The molecule has 10 nitrogen and oxygen atoms in total. The second kappa shape index (κ2) is 10.6. The molecule has 1 aromatic carbocycles. The van der Waals surface area contributed by atoms with Crippen molar-refractivity contribution in [2.24, 2.45) is 0 Å². The standard InChI is InChI=1S/C18H22N6.C2H2O4/c1-2-12-5-3-6-14-13(11-22-17(12)14)10-21-8-4-7-16-15(9-19)18(20)24-23-16;3-1(4)2(5)6/h3,5-6,11,21-22H,2,4,7-8,10H2,1H3,(H3,20,23,24);(H,3,4)(H,5,6). The number of fused-ring (bicyclic) bond motifs is 1. The fourth-order valence-corrected chi connectivity index (χ4v) is 3.03. The van der Waals surface area contributed by atoms with Gasteiger partial charge in [0, 0.05) is 23.6 Å². The third-order valence-electron chi connectivity index (χ3n) is 4.53. The van der Waals surface area contributed by atoms with E-state index in [0.29, 0.717) is 5.56 Å². The van der Waals surface area contributed by atoms with Crippen LogP contribution in [0.4, 0.5) is 5.82 Å². The molecule has 0 radical (unpaired) electrons. The molecule has 0 atom stereocenters. The highest BCUT2D eigenvalue weighted by Crippen LogP contribution is 2.22. The van der Waals surface area contributed by atoms with Gasteiger partial charge in [-0.05, 0) is 36.9 Å². The average molecular weight is 412 g/mol. The normalized spacial score (nSPS) is 10.3. The second-order valence-corrected chi connectivity index (χ2v) is 6.47. The molecule has 3 rings (SSSR count). The van der Waals surface area contributed by atoms with E-state index in [1.54, 1.807) is 0 Å². The number of H-pyrrole nitrogens is 2. The summed E-state index contributed by atoms with van der Waals surface area (Å²) in [5, 5.41) is 35.3. The zero-order chi connectivity index (χ0) is 22.1. The number of hydrogen-bond acceptors (Lipinski definition) is 6. The Labute approximate surface area is 172 Å². The van der Waals surface area contributed by atoms with Crippen LogP contribution in [0.2, 0.25) is 0 Å². The van der Waals surface area contributed by atoms with Crippen LogP contribution in [-0.4, -0.2) is 43.9 Å². The van der Waals surface area contributed by atoms with Gasteiger partial charge in [0.25, 0.3) is 0 Å². The monoisotopic (exact) mass is 412 g/mol. The van der Waals surface area contributed by atoms with Crippen molar-refractivity contribution in [3.05, 3.63) is 46.8 Å². The predicted octanol–water partition coefficient (Wildman–Crippen LogP) is 1.79. The number of benzene rings is 1. The van der Waals surface area contributed by atoms with E-state index < -0.39 is 11.9 Å². The fraction of sp³-hybridized carbons (Fsp3) is 0.300. The highest BCUT2D eigenvalue weighted by Gasteiger charge is 2.10. The van der Waals surface area contributed by atoms with Crippen molar-refractivity contribution in [3.63, 3.8) is 0 Å². The van der Waals surface area contributed by atoms with Crippen LogP contribution in [0, 0.1) is 11.3 Å². The first-order chi connectivity index (χ1) is 14.4. The number of aliphatic carboxylic acids is 2. The van der Waals surface area contributed by atoms with Crippen LogP contribution in [0.3, 0.4) is 0 Å². The molecular formula is C20H24N6O4.